The average molecular weight is 253 g/mol. The summed E-state index contributed by atoms with van der Waals surface area (Å²) in [6, 6.07) is 0.210. The van der Waals surface area contributed by atoms with E-state index in [1.54, 1.807) is 12.4 Å². The van der Waals surface area contributed by atoms with Crippen molar-refractivity contribution in [2.45, 2.75) is 37.8 Å². The second-order valence-electron chi connectivity index (χ2n) is 4.48. The molecular weight excluding hydrogens is 240 g/mol. The third kappa shape index (κ3) is 2.00. The summed E-state index contributed by atoms with van der Waals surface area (Å²) in [5.74, 6) is 0. The maximum atomic E-state index is 9.71. The fourth-order valence-electron chi connectivity index (χ4n) is 2.44. The van der Waals surface area contributed by atoms with Gasteiger partial charge in [0.2, 0.25) is 5.28 Å². The first-order valence-corrected chi connectivity index (χ1v) is 6.15. The highest BCUT2D eigenvalue weighted by molar-refractivity contribution is 6.28. The zero-order valence-electron chi connectivity index (χ0n) is 9.25. The van der Waals surface area contributed by atoms with Crippen LogP contribution in [0.5, 0.6) is 0 Å². The summed E-state index contributed by atoms with van der Waals surface area (Å²) >= 11 is 5.80. The van der Waals surface area contributed by atoms with E-state index in [1.165, 1.54) is 0 Å². The van der Waals surface area contributed by atoms with Crippen LogP contribution in [0.3, 0.4) is 0 Å². The molecule has 3 rings (SSSR count). The highest BCUT2D eigenvalue weighted by Gasteiger charge is 2.23. The van der Waals surface area contributed by atoms with Crippen molar-refractivity contribution in [3.63, 3.8) is 0 Å². The summed E-state index contributed by atoms with van der Waals surface area (Å²) < 4.78 is 1.87. The van der Waals surface area contributed by atoms with Crippen LogP contribution < -0.4 is 0 Å². The summed E-state index contributed by atoms with van der Waals surface area (Å²) in [6.45, 7) is 0. The van der Waals surface area contributed by atoms with Gasteiger partial charge in [0, 0.05) is 6.20 Å². The number of hydrogen-bond donors (Lipinski definition) is 1. The molecule has 0 aromatic carbocycles. The van der Waals surface area contributed by atoms with E-state index < -0.39 is 0 Å². The van der Waals surface area contributed by atoms with Crippen LogP contribution in [0.4, 0.5) is 0 Å². The fraction of sp³-hybridized carbons (Fsp3) is 0.545. The Morgan fingerprint density at radius 1 is 1.35 bits per heavy atom. The monoisotopic (exact) mass is 252 g/mol. The topological polar surface area (TPSA) is 63.8 Å². The molecular formula is C11H13ClN4O. The van der Waals surface area contributed by atoms with E-state index in [-0.39, 0.29) is 17.4 Å². The molecule has 90 valence electrons. The van der Waals surface area contributed by atoms with Crippen molar-refractivity contribution in [3.8, 4) is 0 Å². The van der Waals surface area contributed by atoms with Crippen LogP contribution >= 0.6 is 11.6 Å². The van der Waals surface area contributed by atoms with Gasteiger partial charge < -0.3 is 5.11 Å². The number of nitrogens with zero attached hydrogens (tertiary/aromatic N) is 4. The third-order valence-corrected chi connectivity index (χ3v) is 3.45. The zero-order chi connectivity index (χ0) is 11.8. The fourth-order valence-corrected chi connectivity index (χ4v) is 2.57. The third-order valence-electron chi connectivity index (χ3n) is 3.27. The lowest BCUT2D eigenvalue weighted by atomic mass is 9.93. The van der Waals surface area contributed by atoms with Gasteiger partial charge >= 0.3 is 0 Å². The molecule has 2 heterocycles. The van der Waals surface area contributed by atoms with E-state index in [1.807, 2.05) is 4.68 Å². The van der Waals surface area contributed by atoms with Gasteiger partial charge in [0.25, 0.3) is 0 Å². The van der Waals surface area contributed by atoms with Gasteiger partial charge in [0.15, 0.2) is 5.65 Å². The molecule has 0 amide bonds. The predicted molar refractivity (Wildman–Crippen MR) is 63.8 cm³/mol. The minimum Gasteiger partial charge on any atom is -0.393 e. The zero-order valence-corrected chi connectivity index (χ0v) is 10.0. The average Bonchev–Trinajstić information content (AvgIpc) is 2.71. The Morgan fingerprint density at radius 2 is 2.24 bits per heavy atom. The lowest BCUT2D eigenvalue weighted by Crippen LogP contribution is -2.23. The number of fused-ring (bicyclic) bond motifs is 1. The number of aromatic nitrogens is 4. The highest BCUT2D eigenvalue weighted by Crippen LogP contribution is 2.30. The van der Waals surface area contributed by atoms with E-state index in [4.69, 9.17) is 11.6 Å². The summed E-state index contributed by atoms with van der Waals surface area (Å²) in [7, 11) is 0. The maximum Gasteiger partial charge on any atom is 0.224 e. The molecule has 0 unspecified atom stereocenters. The Labute approximate surface area is 103 Å². The number of aliphatic hydroxyl groups excluding tert-OH is 1. The van der Waals surface area contributed by atoms with Gasteiger partial charge in [-0.15, -0.1) is 0 Å². The predicted octanol–water partition coefficient (Wildman–Crippen LogP) is 1.96. The molecule has 0 aliphatic heterocycles. The summed E-state index contributed by atoms with van der Waals surface area (Å²) in [5.41, 5.74) is 0.754. The molecule has 5 nitrogen and oxygen atoms in total. The molecule has 1 saturated carbocycles. The molecule has 17 heavy (non-hydrogen) atoms. The molecule has 6 heteroatoms. The SMILES string of the molecule is O[C@H]1CCC[C@@H](n2ncc3cnc(Cl)nc32)C1. The van der Waals surface area contributed by atoms with Gasteiger partial charge in [-0.1, -0.05) is 0 Å². The van der Waals surface area contributed by atoms with Gasteiger partial charge in [-0.2, -0.15) is 10.1 Å². The highest BCUT2D eigenvalue weighted by atomic mass is 35.5. The van der Waals surface area contributed by atoms with Gasteiger partial charge in [0.05, 0.1) is 23.7 Å². The Kier molecular flexibility index (Phi) is 2.72. The van der Waals surface area contributed by atoms with Gasteiger partial charge in [0.1, 0.15) is 0 Å². The molecule has 1 aliphatic rings. The molecule has 1 fully saturated rings. The second kappa shape index (κ2) is 4.23. The lowest BCUT2D eigenvalue weighted by molar-refractivity contribution is 0.101. The van der Waals surface area contributed by atoms with Crippen molar-refractivity contribution < 1.29 is 5.11 Å². The van der Waals surface area contributed by atoms with E-state index in [9.17, 15) is 5.11 Å². The van der Waals surface area contributed by atoms with Crippen LogP contribution in [0.15, 0.2) is 12.4 Å². The van der Waals surface area contributed by atoms with E-state index in [2.05, 4.69) is 15.1 Å². The molecule has 1 aliphatic carbocycles. The molecule has 2 aromatic heterocycles. The molecule has 2 aromatic rings. The smallest absolute Gasteiger partial charge is 0.224 e. The number of rotatable bonds is 1. The largest absolute Gasteiger partial charge is 0.393 e. The van der Waals surface area contributed by atoms with Crippen molar-refractivity contribution in [1.29, 1.82) is 0 Å². The Balaban J connectivity index is 2.01. The summed E-state index contributed by atoms with van der Waals surface area (Å²) in [6.07, 6.45) is 6.84. The Bertz CT molecular complexity index is 541. The van der Waals surface area contributed by atoms with Gasteiger partial charge in [-0.25, -0.2) is 9.67 Å². The van der Waals surface area contributed by atoms with Crippen molar-refractivity contribution in [2.75, 3.05) is 0 Å². The van der Waals surface area contributed by atoms with Gasteiger partial charge in [-0.05, 0) is 37.3 Å². The first-order chi connectivity index (χ1) is 8.24. The minimum absolute atomic E-state index is 0.210. The molecule has 0 spiro atoms. The van der Waals surface area contributed by atoms with Crippen molar-refractivity contribution >= 4 is 22.6 Å². The summed E-state index contributed by atoms with van der Waals surface area (Å²) in [5, 5.41) is 15.2. The normalized spacial score (nSPS) is 25.3. The molecule has 0 bridgehead atoms. The van der Waals surface area contributed by atoms with Crippen LogP contribution in [0.1, 0.15) is 31.7 Å². The first-order valence-electron chi connectivity index (χ1n) is 5.78. The molecule has 2 atom stereocenters. The van der Waals surface area contributed by atoms with Crippen LogP contribution in [-0.2, 0) is 0 Å². The molecule has 0 radical (unpaired) electrons. The maximum absolute atomic E-state index is 9.71. The Hall–Kier alpha value is -1.20. The van der Waals surface area contributed by atoms with Crippen molar-refractivity contribution in [3.05, 3.63) is 17.7 Å². The van der Waals surface area contributed by atoms with Crippen LogP contribution in [0, 0.1) is 0 Å². The first kappa shape index (κ1) is 10.9. The number of hydrogen-bond acceptors (Lipinski definition) is 4. The quantitative estimate of drug-likeness (QED) is 0.788. The van der Waals surface area contributed by atoms with Crippen LogP contribution in [0.2, 0.25) is 5.28 Å². The standard InChI is InChI=1S/C11H13ClN4O/c12-11-13-5-7-6-14-16(10(7)15-11)8-2-1-3-9(17)4-8/h5-6,8-9,17H,1-4H2/t8-,9+/m1/s1. The van der Waals surface area contributed by atoms with E-state index >= 15 is 0 Å². The Morgan fingerprint density at radius 3 is 3.06 bits per heavy atom. The molecule has 1 N–H and O–H groups in total. The second-order valence-corrected chi connectivity index (χ2v) is 4.82. The van der Waals surface area contributed by atoms with Crippen LogP contribution in [-0.4, -0.2) is 31.0 Å². The summed E-state index contributed by atoms with van der Waals surface area (Å²) in [4.78, 5) is 8.14. The minimum atomic E-state index is -0.231. The van der Waals surface area contributed by atoms with Crippen molar-refractivity contribution in [1.82, 2.24) is 19.7 Å². The van der Waals surface area contributed by atoms with E-state index in [0.29, 0.717) is 0 Å². The van der Waals surface area contributed by atoms with Crippen molar-refractivity contribution in [2.24, 2.45) is 0 Å². The van der Waals surface area contributed by atoms with Crippen LogP contribution in [0.25, 0.3) is 11.0 Å². The molecule has 0 saturated heterocycles. The number of aliphatic hydroxyl groups is 1. The van der Waals surface area contributed by atoms with E-state index in [0.717, 1.165) is 36.7 Å². The van der Waals surface area contributed by atoms with Gasteiger partial charge in [-0.3, -0.25) is 0 Å². The lowest BCUT2D eigenvalue weighted by Gasteiger charge is -2.26. The number of halogens is 1.